The van der Waals surface area contributed by atoms with Crippen molar-refractivity contribution in [2.75, 3.05) is 19.8 Å². The highest BCUT2D eigenvalue weighted by atomic mass is 16.6. The van der Waals surface area contributed by atoms with Crippen molar-refractivity contribution in [1.29, 1.82) is 0 Å². The Kier molecular flexibility index (Phi) is 3.22. The molecule has 1 fully saturated rings. The third-order valence-corrected chi connectivity index (χ3v) is 2.82. The number of nitrogens with zero attached hydrogens (tertiary/aromatic N) is 1. The van der Waals surface area contributed by atoms with Gasteiger partial charge in [0.25, 0.3) is 0 Å². The third-order valence-electron chi connectivity index (χ3n) is 2.82. The minimum atomic E-state index is -0.416. The molecule has 4 nitrogen and oxygen atoms in total. The lowest BCUT2D eigenvalue weighted by Crippen LogP contribution is -2.41. The van der Waals surface area contributed by atoms with Crippen molar-refractivity contribution >= 4 is 5.97 Å². The van der Waals surface area contributed by atoms with Crippen LogP contribution in [0.15, 0.2) is 30.3 Å². The van der Waals surface area contributed by atoms with Crippen molar-refractivity contribution in [3.05, 3.63) is 41.1 Å². The van der Waals surface area contributed by atoms with Gasteiger partial charge in [0.1, 0.15) is 0 Å². The van der Waals surface area contributed by atoms with E-state index < -0.39 is 10.6 Å². The largest absolute Gasteiger partial charge is 0.630 e. The molecule has 1 aliphatic heterocycles. The zero-order chi connectivity index (χ0) is 11.4. The first kappa shape index (κ1) is 11.1. The Hall–Kier alpha value is -1.39. The predicted molar refractivity (Wildman–Crippen MR) is 59.3 cm³/mol. The zero-order valence-electron chi connectivity index (χ0n) is 9.09. The van der Waals surface area contributed by atoms with Crippen molar-refractivity contribution in [2.45, 2.75) is 12.8 Å². The van der Waals surface area contributed by atoms with E-state index in [1.165, 1.54) is 0 Å². The summed E-state index contributed by atoms with van der Waals surface area (Å²) in [7, 11) is 0. The lowest BCUT2D eigenvalue weighted by atomic mass is 10.2. The third kappa shape index (κ3) is 2.59. The van der Waals surface area contributed by atoms with E-state index in [1.807, 2.05) is 6.07 Å². The molecule has 86 valence electrons. The summed E-state index contributed by atoms with van der Waals surface area (Å²) in [5.74, 6) is -0.416. The average molecular weight is 221 g/mol. The van der Waals surface area contributed by atoms with Gasteiger partial charge in [0.2, 0.25) is 6.73 Å². The van der Waals surface area contributed by atoms with Crippen LogP contribution in [-0.2, 0) is 4.74 Å². The van der Waals surface area contributed by atoms with Crippen molar-refractivity contribution in [1.82, 2.24) is 0 Å². The molecule has 16 heavy (non-hydrogen) atoms. The van der Waals surface area contributed by atoms with Crippen LogP contribution in [0.1, 0.15) is 23.2 Å². The van der Waals surface area contributed by atoms with E-state index in [0.29, 0.717) is 18.7 Å². The molecule has 1 aromatic carbocycles. The monoisotopic (exact) mass is 221 g/mol. The number of rotatable bonds is 3. The van der Waals surface area contributed by atoms with Gasteiger partial charge in [-0.15, -0.1) is 0 Å². The Morgan fingerprint density at radius 1 is 1.25 bits per heavy atom. The molecular weight excluding hydrogens is 206 g/mol. The Labute approximate surface area is 94.6 Å². The number of hydrogen-bond donors (Lipinski definition) is 0. The average Bonchev–Trinajstić information content (AvgIpc) is 2.75. The van der Waals surface area contributed by atoms with Crippen LogP contribution >= 0.6 is 0 Å². The van der Waals surface area contributed by atoms with E-state index in [0.717, 1.165) is 12.8 Å². The molecule has 4 heteroatoms. The van der Waals surface area contributed by atoms with E-state index >= 15 is 0 Å². The number of carbonyl (C=O) groups is 1. The van der Waals surface area contributed by atoms with Gasteiger partial charge >= 0.3 is 5.97 Å². The highest BCUT2D eigenvalue weighted by Gasteiger charge is 2.24. The fourth-order valence-electron chi connectivity index (χ4n) is 1.87. The maximum atomic E-state index is 11.9. The van der Waals surface area contributed by atoms with Crippen LogP contribution in [0.3, 0.4) is 0 Å². The molecule has 1 saturated heterocycles. The predicted octanol–water partition coefficient (Wildman–Crippen LogP) is 1.91. The van der Waals surface area contributed by atoms with Gasteiger partial charge < -0.3 is 14.6 Å². The number of esters is 1. The Balaban J connectivity index is 1.89. The molecule has 0 unspecified atom stereocenters. The van der Waals surface area contributed by atoms with E-state index in [9.17, 15) is 10.0 Å². The molecule has 0 N–H and O–H groups in total. The summed E-state index contributed by atoms with van der Waals surface area (Å²) in [4.78, 5) is 11.6. The van der Waals surface area contributed by atoms with Crippen molar-refractivity contribution in [3.63, 3.8) is 0 Å². The minimum absolute atomic E-state index is 0.0618. The van der Waals surface area contributed by atoms with Crippen molar-refractivity contribution < 1.29 is 14.2 Å². The number of benzene rings is 1. The smallest absolute Gasteiger partial charge is 0.342 e. The highest BCUT2D eigenvalue weighted by molar-refractivity contribution is 5.89. The Bertz CT molecular complexity index is 358. The zero-order valence-corrected chi connectivity index (χ0v) is 9.09. The van der Waals surface area contributed by atoms with Crippen LogP contribution in [0.2, 0.25) is 0 Å². The molecule has 1 aliphatic rings. The topological polar surface area (TPSA) is 49.4 Å². The SMILES string of the molecule is O=C(OC[N+]1([O-])CCCC1)c1ccccc1. The maximum absolute atomic E-state index is 11.9. The first-order valence-corrected chi connectivity index (χ1v) is 5.49. The standard InChI is InChI=1S/C12H15NO3/c14-12(11-6-2-1-3-7-11)16-10-13(15)8-4-5-9-13/h1-3,6-7H,4-5,8-10H2. The quantitative estimate of drug-likeness (QED) is 0.445. The molecular formula is C12H15NO3. The van der Waals surface area contributed by atoms with E-state index in [2.05, 4.69) is 0 Å². The fourth-order valence-corrected chi connectivity index (χ4v) is 1.87. The summed E-state index contributed by atoms with van der Waals surface area (Å²) in [6.07, 6.45) is 1.85. The second-order valence-electron chi connectivity index (χ2n) is 4.14. The maximum Gasteiger partial charge on any atom is 0.342 e. The highest BCUT2D eigenvalue weighted by Crippen LogP contribution is 2.17. The van der Waals surface area contributed by atoms with E-state index in [1.54, 1.807) is 24.3 Å². The van der Waals surface area contributed by atoms with Gasteiger partial charge in [-0.05, 0) is 12.1 Å². The number of ether oxygens (including phenoxy) is 1. The van der Waals surface area contributed by atoms with E-state index in [4.69, 9.17) is 4.74 Å². The van der Waals surface area contributed by atoms with Gasteiger partial charge in [-0.2, -0.15) is 0 Å². The van der Waals surface area contributed by atoms with Crippen LogP contribution in [0.5, 0.6) is 0 Å². The van der Waals surface area contributed by atoms with Crippen molar-refractivity contribution in [3.8, 4) is 0 Å². The van der Waals surface area contributed by atoms with Gasteiger partial charge in [0.05, 0.1) is 18.7 Å². The molecule has 2 rings (SSSR count). The summed E-state index contributed by atoms with van der Waals surface area (Å²) < 4.78 is 4.65. The summed E-state index contributed by atoms with van der Waals surface area (Å²) in [6, 6.07) is 8.74. The van der Waals surface area contributed by atoms with Crippen LogP contribution < -0.4 is 0 Å². The van der Waals surface area contributed by atoms with Gasteiger partial charge in [0.15, 0.2) is 0 Å². The molecule has 0 amide bonds. The number of hydrogen-bond acceptors (Lipinski definition) is 3. The van der Waals surface area contributed by atoms with Gasteiger partial charge in [0, 0.05) is 12.8 Å². The summed E-state index contributed by atoms with van der Waals surface area (Å²) in [5, 5.41) is 11.9. The van der Waals surface area contributed by atoms with Gasteiger partial charge in [-0.3, -0.25) is 0 Å². The first-order chi connectivity index (χ1) is 7.70. The molecule has 0 spiro atoms. The molecule has 0 bridgehead atoms. The van der Waals surface area contributed by atoms with Crippen LogP contribution in [0.25, 0.3) is 0 Å². The second-order valence-corrected chi connectivity index (χ2v) is 4.14. The normalized spacial score (nSPS) is 18.3. The second kappa shape index (κ2) is 4.63. The van der Waals surface area contributed by atoms with Gasteiger partial charge in [-0.1, -0.05) is 18.2 Å². The minimum Gasteiger partial charge on any atom is -0.630 e. The molecule has 0 saturated carbocycles. The number of likely N-dealkylation sites (tertiary alicyclic amines) is 1. The van der Waals surface area contributed by atoms with Crippen molar-refractivity contribution in [2.24, 2.45) is 0 Å². The lowest BCUT2D eigenvalue weighted by molar-refractivity contribution is -0.885. The Morgan fingerprint density at radius 3 is 2.50 bits per heavy atom. The summed E-state index contributed by atoms with van der Waals surface area (Å²) in [5.41, 5.74) is 0.494. The molecule has 1 aromatic rings. The number of quaternary nitrogens is 1. The van der Waals surface area contributed by atoms with Crippen LogP contribution in [-0.4, -0.2) is 30.4 Å². The molecule has 0 radical (unpaired) electrons. The first-order valence-electron chi connectivity index (χ1n) is 5.49. The van der Waals surface area contributed by atoms with Gasteiger partial charge in [-0.25, -0.2) is 4.79 Å². The van der Waals surface area contributed by atoms with E-state index in [-0.39, 0.29) is 6.73 Å². The molecule has 0 atom stereocenters. The lowest BCUT2D eigenvalue weighted by Gasteiger charge is -2.36. The Morgan fingerprint density at radius 2 is 1.88 bits per heavy atom. The fraction of sp³-hybridized carbons (Fsp3) is 0.417. The molecule has 0 aliphatic carbocycles. The van der Waals surface area contributed by atoms with Crippen LogP contribution in [0.4, 0.5) is 0 Å². The van der Waals surface area contributed by atoms with Crippen LogP contribution in [0, 0.1) is 5.21 Å². The number of hydroxylamine groups is 3. The summed E-state index contributed by atoms with van der Waals surface area (Å²) in [6.45, 7) is 1.05. The number of carbonyl (C=O) groups excluding carboxylic acids is 1. The summed E-state index contributed by atoms with van der Waals surface area (Å²) >= 11 is 0. The molecule has 0 aromatic heterocycles. The molecule has 1 heterocycles.